The molecule has 2 rings (SSSR count). The number of hydrogen-bond donors (Lipinski definition) is 1. The molecule has 4 nitrogen and oxygen atoms in total. The molecule has 0 aliphatic carbocycles. The summed E-state index contributed by atoms with van der Waals surface area (Å²) in [5, 5.41) is 2.60. The van der Waals surface area contributed by atoms with Crippen LogP contribution in [0.4, 0.5) is 13.2 Å². The molecule has 0 saturated carbocycles. The summed E-state index contributed by atoms with van der Waals surface area (Å²) in [4.78, 5) is 16.0. The third-order valence-electron chi connectivity index (χ3n) is 3.05. The minimum atomic E-state index is -4.58. The maximum Gasteiger partial charge on any atom is 0.418 e. The Balaban J connectivity index is 2.61. The van der Waals surface area contributed by atoms with Crippen LogP contribution in [0.15, 0.2) is 23.0 Å². The number of para-hydroxylation sites is 1. The van der Waals surface area contributed by atoms with Crippen molar-refractivity contribution in [1.82, 2.24) is 14.9 Å². The Hall–Kier alpha value is -1.60. The van der Waals surface area contributed by atoms with Gasteiger partial charge in [0.15, 0.2) is 0 Å². The number of rotatable bonds is 4. The number of alkyl halides is 3. The molecule has 0 spiro atoms. The van der Waals surface area contributed by atoms with E-state index in [2.05, 4.69) is 10.3 Å². The van der Waals surface area contributed by atoms with E-state index in [4.69, 9.17) is 11.6 Å². The van der Waals surface area contributed by atoms with Gasteiger partial charge in [0.25, 0.3) is 5.56 Å². The fraction of sp³-hybridized carbons (Fsp3) is 0.385. The molecule has 0 saturated heterocycles. The molecule has 1 heterocycles. The lowest BCUT2D eigenvalue weighted by Gasteiger charge is -2.12. The second-order valence-corrected chi connectivity index (χ2v) is 4.83. The van der Waals surface area contributed by atoms with Gasteiger partial charge >= 0.3 is 6.18 Å². The van der Waals surface area contributed by atoms with Gasteiger partial charge in [0.2, 0.25) is 5.28 Å². The summed E-state index contributed by atoms with van der Waals surface area (Å²) >= 11 is 5.87. The zero-order chi connectivity index (χ0) is 15.6. The predicted octanol–water partition coefficient (Wildman–Crippen LogP) is 2.68. The van der Waals surface area contributed by atoms with Gasteiger partial charge in [0.05, 0.1) is 16.5 Å². The molecule has 1 aromatic heterocycles. The number of benzene rings is 1. The first-order chi connectivity index (χ1) is 9.86. The highest BCUT2D eigenvalue weighted by Gasteiger charge is 2.33. The highest BCUT2D eigenvalue weighted by Crippen LogP contribution is 2.33. The van der Waals surface area contributed by atoms with Crippen LogP contribution in [-0.4, -0.2) is 23.1 Å². The SMILES string of the molecule is CNCCCn1c(Cl)nc2c(C(F)(F)F)cccc2c1=O. The molecule has 0 radical (unpaired) electrons. The van der Waals surface area contributed by atoms with Crippen LogP contribution >= 0.6 is 11.6 Å². The van der Waals surface area contributed by atoms with Gasteiger partial charge in [-0.25, -0.2) is 4.98 Å². The maximum absolute atomic E-state index is 12.9. The Morgan fingerprint density at radius 3 is 2.71 bits per heavy atom. The fourth-order valence-corrected chi connectivity index (χ4v) is 2.30. The molecule has 0 aliphatic heterocycles. The second kappa shape index (κ2) is 6.03. The summed E-state index contributed by atoms with van der Waals surface area (Å²) < 4.78 is 40.0. The first-order valence-electron chi connectivity index (χ1n) is 6.27. The summed E-state index contributed by atoms with van der Waals surface area (Å²) in [5.41, 5.74) is -1.93. The Morgan fingerprint density at radius 2 is 2.10 bits per heavy atom. The van der Waals surface area contributed by atoms with Crippen LogP contribution < -0.4 is 10.9 Å². The van der Waals surface area contributed by atoms with Crippen LogP contribution in [0.25, 0.3) is 10.9 Å². The van der Waals surface area contributed by atoms with Gasteiger partial charge in [-0.3, -0.25) is 9.36 Å². The van der Waals surface area contributed by atoms with E-state index in [1.54, 1.807) is 7.05 Å². The van der Waals surface area contributed by atoms with Gasteiger partial charge in [-0.05, 0) is 43.7 Å². The Morgan fingerprint density at radius 1 is 1.38 bits per heavy atom. The number of nitrogens with zero attached hydrogens (tertiary/aromatic N) is 2. The third-order valence-corrected chi connectivity index (χ3v) is 3.34. The van der Waals surface area contributed by atoms with Gasteiger partial charge in [0.1, 0.15) is 0 Å². The minimum absolute atomic E-state index is 0.0846. The van der Waals surface area contributed by atoms with Crippen molar-refractivity contribution in [3.05, 3.63) is 39.4 Å². The number of nitrogens with one attached hydrogen (secondary N) is 1. The quantitative estimate of drug-likeness (QED) is 0.696. The van der Waals surface area contributed by atoms with Crippen LogP contribution in [0.3, 0.4) is 0 Å². The normalized spacial score (nSPS) is 12.0. The van der Waals surface area contributed by atoms with E-state index < -0.39 is 22.8 Å². The van der Waals surface area contributed by atoms with Crippen molar-refractivity contribution in [2.45, 2.75) is 19.1 Å². The summed E-state index contributed by atoms with van der Waals surface area (Å²) in [6.45, 7) is 0.946. The van der Waals surface area contributed by atoms with Crippen LogP contribution in [0.1, 0.15) is 12.0 Å². The van der Waals surface area contributed by atoms with Crippen LogP contribution in [0.2, 0.25) is 5.28 Å². The van der Waals surface area contributed by atoms with Gasteiger partial charge in [-0.2, -0.15) is 13.2 Å². The van der Waals surface area contributed by atoms with Gasteiger partial charge in [-0.1, -0.05) is 6.07 Å². The average molecular weight is 320 g/mol. The molecule has 114 valence electrons. The maximum atomic E-state index is 12.9. The second-order valence-electron chi connectivity index (χ2n) is 4.49. The van der Waals surface area contributed by atoms with Crippen molar-refractivity contribution < 1.29 is 13.2 Å². The highest BCUT2D eigenvalue weighted by molar-refractivity contribution is 6.28. The molecule has 0 fully saturated rings. The largest absolute Gasteiger partial charge is 0.418 e. The van der Waals surface area contributed by atoms with Crippen molar-refractivity contribution in [2.75, 3.05) is 13.6 Å². The lowest BCUT2D eigenvalue weighted by molar-refractivity contribution is -0.136. The van der Waals surface area contributed by atoms with Crippen molar-refractivity contribution in [2.24, 2.45) is 0 Å². The lowest BCUT2D eigenvalue weighted by Crippen LogP contribution is -2.25. The molecule has 1 aromatic carbocycles. The van der Waals surface area contributed by atoms with E-state index in [1.165, 1.54) is 16.7 Å². The number of halogens is 4. The minimum Gasteiger partial charge on any atom is -0.320 e. The van der Waals surface area contributed by atoms with Gasteiger partial charge < -0.3 is 5.32 Å². The summed E-state index contributed by atoms with van der Waals surface area (Å²) in [5.74, 6) is 0. The van der Waals surface area contributed by atoms with Crippen molar-refractivity contribution >= 4 is 22.5 Å². The topological polar surface area (TPSA) is 46.9 Å². The summed E-state index contributed by atoms with van der Waals surface area (Å²) in [6, 6.07) is 3.40. The predicted molar refractivity (Wildman–Crippen MR) is 74.6 cm³/mol. The lowest BCUT2D eigenvalue weighted by atomic mass is 10.1. The third kappa shape index (κ3) is 3.19. The molecule has 8 heteroatoms. The van der Waals surface area contributed by atoms with E-state index >= 15 is 0 Å². The molecule has 0 atom stereocenters. The van der Waals surface area contributed by atoms with E-state index in [-0.39, 0.29) is 17.2 Å². The Bertz CT molecular complexity index is 712. The number of aromatic nitrogens is 2. The van der Waals surface area contributed by atoms with Crippen molar-refractivity contribution in [1.29, 1.82) is 0 Å². The summed E-state index contributed by atoms with van der Waals surface area (Å²) in [6.07, 6.45) is -3.97. The number of hydrogen-bond acceptors (Lipinski definition) is 3. The average Bonchev–Trinajstić information content (AvgIpc) is 2.41. The van der Waals surface area contributed by atoms with Gasteiger partial charge in [-0.15, -0.1) is 0 Å². The Kier molecular flexibility index (Phi) is 4.53. The van der Waals surface area contributed by atoms with Crippen molar-refractivity contribution in [3.63, 3.8) is 0 Å². The highest BCUT2D eigenvalue weighted by atomic mass is 35.5. The Labute approximate surface area is 123 Å². The fourth-order valence-electron chi connectivity index (χ4n) is 2.05. The molecule has 1 N–H and O–H groups in total. The first-order valence-corrected chi connectivity index (χ1v) is 6.65. The molecule has 0 amide bonds. The van der Waals surface area contributed by atoms with Crippen LogP contribution in [0, 0.1) is 0 Å². The zero-order valence-corrected chi connectivity index (χ0v) is 11.9. The first kappa shape index (κ1) is 15.8. The van der Waals surface area contributed by atoms with E-state index in [0.717, 1.165) is 6.07 Å². The van der Waals surface area contributed by atoms with Crippen molar-refractivity contribution in [3.8, 4) is 0 Å². The molecule has 0 bridgehead atoms. The van der Waals surface area contributed by atoms with E-state index in [0.29, 0.717) is 13.0 Å². The molecule has 0 aliphatic rings. The monoisotopic (exact) mass is 319 g/mol. The molecular formula is C13H13ClF3N3O. The van der Waals surface area contributed by atoms with Crippen LogP contribution in [-0.2, 0) is 12.7 Å². The molecular weight excluding hydrogens is 307 g/mol. The molecule has 2 aromatic rings. The number of fused-ring (bicyclic) bond motifs is 1. The smallest absolute Gasteiger partial charge is 0.320 e. The standard InChI is InChI=1S/C13H13ClF3N3O/c1-18-6-3-7-20-11(21)8-4-2-5-9(13(15,16)17)10(8)19-12(20)14/h2,4-5,18H,3,6-7H2,1H3. The molecule has 21 heavy (non-hydrogen) atoms. The van der Waals surface area contributed by atoms with E-state index in [1.807, 2.05) is 0 Å². The van der Waals surface area contributed by atoms with E-state index in [9.17, 15) is 18.0 Å². The van der Waals surface area contributed by atoms with Crippen LogP contribution in [0.5, 0.6) is 0 Å². The summed E-state index contributed by atoms with van der Waals surface area (Å²) in [7, 11) is 1.76. The molecule has 0 unspecified atom stereocenters. The van der Waals surface area contributed by atoms with Gasteiger partial charge in [0, 0.05) is 6.54 Å². The zero-order valence-electron chi connectivity index (χ0n) is 11.2.